The van der Waals surface area contributed by atoms with Crippen molar-refractivity contribution < 1.29 is 27.5 Å². The van der Waals surface area contributed by atoms with Crippen LogP contribution in [0.5, 0.6) is 5.75 Å². The number of benzene rings is 2. The Labute approximate surface area is 211 Å². The molecule has 1 fully saturated rings. The molecule has 1 heterocycles. The van der Waals surface area contributed by atoms with Gasteiger partial charge in [-0.05, 0) is 68.7 Å². The number of carbonyl (C=O) groups excluding carboxylic acids is 2. The number of hydrogen-bond donors (Lipinski definition) is 1. The van der Waals surface area contributed by atoms with Gasteiger partial charge in [-0.2, -0.15) is 4.31 Å². The zero-order valence-electron chi connectivity index (χ0n) is 20.0. The first-order valence-electron chi connectivity index (χ1n) is 11.8. The first-order valence-corrected chi connectivity index (χ1v) is 13.6. The van der Waals surface area contributed by atoms with E-state index in [1.165, 1.54) is 10.4 Å². The van der Waals surface area contributed by atoms with Gasteiger partial charge >= 0.3 is 5.97 Å². The van der Waals surface area contributed by atoms with Crippen LogP contribution in [0, 0.1) is 5.92 Å². The summed E-state index contributed by atoms with van der Waals surface area (Å²) in [6.07, 6.45) is 2.53. The molecule has 0 radical (unpaired) electrons. The SMILES string of the molecule is CCCCOC(=O)c1ccc(NC(=O)C2CCN(S(=O)(=O)c3cc(Cl)ccc3OCC)CC2)cc1. The van der Waals surface area contributed by atoms with Gasteiger partial charge in [-0.3, -0.25) is 4.79 Å². The maximum Gasteiger partial charge on any atom is 0.338 e. The van der Waals surface area contributed by atoms with E-state index in [4.69, 9.17) is 21.1 Å². The minimum Gasteiger partial charge on any atom is -0.492 e. The number of esters is 1. The van der Waals surface area contributed by atoms with Crippen LogP contribution < -0.4 is 10.1 Å². The van der Waals surface area contributed by atoms with Gasteiger partial charge in [-0.15, -0.1) is 0 Å². The van der Waals surface area contributed by atoms with Gasteiger partial charge in [0.1, 0.15) is 10.6 Å². The Morgan fingerprint density at radius 2 is 1.77 bits per heavy atom. The minimum atomic E-state index is -3.82. The fourth-order valence-electron chi connectivity index (χ4n) is 3.78. The fraction of sp³-hybridized carbons (Fsp3) is 0.440. The van der Waals surface area contributed by atoms with Crippen LogP contribution in [-0.2, 0) is 19.6 Å². The highest BCUT2D eigenvalue weighted by Gasteiger charge is 2.34. The summed E-state index contributed by atoms with van der Waals surface area (Å²) in [6, 6.07) is 11.1. The minimum absolute atomic E-state index is 0.0306. The number of halogens is 1. The maximum atomic E-state index is 13.2. The highest BCUT2D eigenvalue weighted by atomic mass is 35.5. The predicted molar refractivity (Wildman–Crippen MR) is 134 cm³/mol. The third-order valence-electron chi connectivity index (χ3n) is 5.77. The topological polar surface area (TPSA) is 102 Å². The van der Waals surface area contributed by atoms with Gasteiger partial charge in [0.15, 0.2) is 0 Å². The van der Waals surface area contributed by atoms with E-state index >= 15 is 0 Å². The van der Waals surface area contributed by atoms with Crippen LogP contribution in [0.3, 0.4) is 0 Å². The number of anilines is 1. The molecule has 0 atom stereocenters. The molecule has 2 aromatic carbocycles. The van der Waals surface area contributed by atoms with E-state index in [0.29, 0.717) is 42.3 Å². The second-order valence-electron chi connectivity index (χ2n) is 8.26. The molecular weight excluding hydrogens is 492 g/mol. The van der Waals surface area contributed by atoms with Crippen molar-refractivity contribution in [2.45, 2.75) is 44.4 Å². The smallest absolute Gasteiger partial charge is 0.338 e. The number of piperidine rings is 1. The fourth-order valence-corrected chi connectivity index (χ4v) is 5.65. The lowest BCUT2D eigenvalue weighted by Gasteiger charge is -2.31. The summed E-state index contributed by atoms with van der Waals surface area (Å²) in [5.41, 5.74) is 0.987. The van der Waals surface area contributed by atoms with E-state index in [1.54, 1.807) is 43.3 Å². The molecule has 0 aromatic heterocycles. The van der Waals surface area contributed by atoms with Crippen LogP contribution in [0.1, 0.15) is 49.9 Å². The van der Waals surface area contributed by atoms with Gasteiger partial charge < -0.3 is 14.8 Å². The standard InChI is InChI=1S/C25H31ClN2O6S/c1-3-5-16-34-25(30)19-6-9-21(10-7-19)27-24(29)18-12-14-28(15-13-18)35(31,32)23-17-20(26)8-11-22(23)33-4-2/h6-11,17-18H,3-5,12-16H2,1-2H3,(H,27,29). The Morgan fingerprint density at radius 1 is 1.09 bits per heavy atom. The Hall–Kier alpha value is -2.62. The molecule has 35 heavy (non-hydrogen) atoms. The highest BCUT2D eigenvalue weighted by molar-refractivity contribution is 7.89. The second kappa shape index (κ2) is 12.4. The summed E-state index contributed by atoms with van der Waals surface area (Å²) in [5, 5.41) is 3.16. The molecule has 190 valence electrons. The molecule has 0 unspecified atom stereocenters. The molecule has 1 saturated heterocycles. The summed E-state index contributed by atoms with van der Waals surface area (Å²) in [7, 11) is -3.82. The van der Waals surface area contributed by atoms with Gasteiger partial charge in [0.05, 0.1) is 18.8 Å². The molecule has 0 spiro atoms. The van der Waals surface area contributed by atoms with Crippen molar-refractivity contribution in [2.24, 2.45) is 5.92 Å². The molecule has 0 bridgehead atoms. The molecule has 1 amide bonds. The van der Waals surface area contributed by atoms with Crippen LogP contribution in [0.2, 0.25) is 5.02 Å². The van der Waals surface area contributed by atoms with Crippen molar-refractivity contribution in [1.29, 1.82) is 0 Å². The van der Waals surface area contributed by atoms with E-state index in [1.807, 2.05) is 6.92 Å². The molecule has 2 aromatic rings. The van der Waals surface area contributed by atoms with Crippen molar-refractivity contribution in [2.75, 3.05) is 31.6 Å². The van der Waals surface area contributed by atoms with Crippen LogP contribution in [0.4, 0.5) is 5.69 Å². The Kier molecular flexibility index (Phi) is 9.54. The number of rotatable bonds is 10. The number of unbranched alkanes of at least 4 members (excludes halogenated alkanes) is 1. The van der Waals surface area contributed by atoms with Crippen LogP contribution in [-0.4, -0.2) is 50.9 Å². The number of carbonyl (C=O) groups is 2. The van der Waals surface area contributed by atoms with Crippen molar-refractivity contribution >= 4 is 39.2 Å². The lowest BCUT2D eigenvalue weighted by Crippen LogP contribution is -2.41. The van der Waals surface area contributed by atoms with E-state index in [9.17, 15) is 18.0 Å². The molecule has 3 rings (SSSR count). The zero-order chi connectivity index (χ0) is 25.4. The molecule has 1 aliphatic heterocycles. The first-order chi connectivity index (χ1) is 16.8. The van der Waals surface area contributed by atoms with E-state index in [2.05, 4.69) is 5.32 Å². The van der Waals surface area contributed by atoms with Crippen LogP contribution >= 0.6 is 11.6 Å². The van der Waals surface area contributed by atoms with Gasteiger partial charge in [0, 0.05) is 29.7 Å². The molecule has 1 N–H and O–H groups in total. The van der Waals surface area contributed by atoms with Gasteiger partial charge in [0.25, 0.3) is 0 Å². The Bertz CT molecular complexity index is 1130. The van der Waals surface area contributed by atoms with Gasteiger partial charge in [-0.1, -0.05) is 24.9 Å². The number of ether oxygens (including phenoxy) is 2. The number of hydrogen-bond acceptors (Lipinski definition) is 6. The molecule has 0 aliphatic carbocycles. The van der Waals surface area contributed by atoms with Gasteiger partial charge in [0.2, 0.25) is 15.9 Å². The second-order valence-corrected chi connectivity index (χ2v) is 10.6. The molecule has 1 aliphatic rings. The van der Waals surface area contributed by atoms with E-state index in [-0.39, 0.29) is 35.6 Å². The maximum absolute atomic E-state index is 13.2. The van der Waals surface area contributed by atoms with Crippen molar-refractivity contribution in [3.63, 3.8) is 0 Å². The summed E-state index contributed by atoms with van der Waals surface area (Å²) < 4.78 is 38.5. The Morgan fingerprint density at radius 3 is 2.40 bits per heavy atom. The van der Waals surface area contributed by atoms with Crippen molar-refractivity contribution in [3.8, 4) is 5.75 Å². The third-order valence-corrected chi connectivity index (χ3v) is 7.92. The highest BCUT2D eigenvalue weighted by Crippen LogP contribution is 2.32. The average molecular weight is 523 g/mol. The number of sulfonamides is 1. The summed E-state index contributed by atoms with van der Waals surface area (Å²) >= 11 is 6.04. The quantitative estimate of drug-likeness (QED) is 0.357. The summed E-state index contributed by atoms with van der Waals surface area (Å²) in [4.78, 5) is 24.8. The third kappa shape index (κ3) is 6.96. The van der Waals surface area contributed by atoms with Crippen molar-refractivity contribution in [3.05, 3.63) is 53.1 Å². The monoisotopic (exact) mass is 522 g/mol. The predicted octanol–water partition coefficient (Wildman–Crippen LogP) is 4.74. The van der Waals surface area contributed by atoms with Gasteiger partial charge in [-0.25, -0.2) is 13.2 Å². The average Bonchev–Trinajstić information content (AvgIpc) is 2.85. The number of amides is 1. The number of nitrogens with one attached hydrogen (secondary N) is 1. The lowest BCUT2D eigenvalue weighted by molar-refractivity contribution is -0.120. The molecular formula is C25H31ClN2O6S. The Balaban J connectivity index is 1.57. The van der Waals surface area contributed by atoms with Crippen molar-refractivity contribution in [1.82, 2.24) is 4.31 Å². The lowest BCUT2D eigenvalue weighted by atomic mass is 9.97. The zero-order valence-corrected chi connectivity index (χ0v) is 21.5. The van der Waals surface area contributed by atoms with E-state index < -0.39 is 16.0 Å². The van der Waals surface area contributed by atoms with Crippen LogP contribution in [0.25, 0.3) is 0 Å². The molecule has 0 saturated carbocycles. The summed E-state index contributed by atoms with van der Waals surface area (Å²) in [5.74, 6) is -0.643. The largest absolute Gasteiger partial charge is 0.492 e. The van der Waals surface area contributed by atoms with E-state index in [0.717, 1.165) is 12.8 Å². The summed E-state index contributed by atoms with van der Waals surface area (Å²) in [6.45, 7) is 4.93. The van der Waals surface area contributed by atoms with Crippen LogP contribution in [0.15, 0.2) is 47.4 Å². The normalized spacial score (nSPS) is 14.9. The molecule has 10 heteroatoms. The molecule has 8 nitrogen and oxygen atoms in total. The first kappa shape index (κ1) is 27.0. The number of nitrogens with zero attached hydrogens (tertiary/aromatic N) is 1.